The van der Waals surface area contributed by atoms with Crippen LogP contribution < -0.4 is 0 Å². The van der Waals surface area contributed by atoms with E-state index in [1.165, 1.54) is 51.4 Å². The highest BCUT2D eigenvalue weighted by Crippen LogP contribution is 2.27. The Labute approximate surface area is 95.5 Å². The highest BCUT2D eigenvalue weighted by atomic mass is 14.2. The van der Waals surface area contributed by atoms with Gasteiger partial charge in [-0.25, -0.2) is 0 Å². The summed E-state index contributed by atoms with van der Waals surface area (Å²) in [6, 6.07) is 0. The van der Waals surface area contributed by atoms with Crippen LogP contribution in [0.15, 0.2) is 23.8 Å². The fourth-order valence-corrected chi connectivity index (χ4v) is 2.41. The van der Waals surface area contributed by atoms with E-state index in [1.54, 1.807) is 5.57 Å². The molecule has 1 rings (SSSR count). The highest BCUT2D eigenvalue weighted by Gasteiger charge is 2.12. The SMILES string of the molecule is CCCCCCCC(CC)C1=CC=CC1. The molecule has 0 aromatic rings. The first-order chi connectivity index (χ1) is 7.38. The molecule has 1 atom stereocenters. The molecule has 0 radical (unpaired) electrons. The molecule has 1 aliphatic carbocycles. The minimum Gasteiger partial charge on any atom is -0.0805 e. The molecular weight excluding hydrogens is 180 g/mol. The summed E-state index contributed by atoms with van der Waals surface area (Å²) < 4.78 is 0. The van der Waals surface area contributed by atoms with E-state index in [2.05, 4.69) is 32.1 Å². The Balaban J connectivity index is 2.11. The largest absolute Gasteiger partial charge is 0.0805 e. The first kappa shape index (κ1) is 12.5. The molecule has 0 amide bonds. The van der Waals surface area contributed by atoms with Gasteiger partial charge in [0.1, 0.15) is 0 Å². The van der Waals surface area contributed by atoms with Crippen molar-refractivity contribution in [2.45, 2.75) is 65.2 Å². The van der Waals surface area contributed by atoms with Gasteiger partial charge in [-0.2, -0.15) is 0 Å². The molecule has 1 unspecified atom stereocenters. The monoisotopic (exact) mass is 206 g/mol. The first-order valence-corrected chi connectivity index (χ1v) is 6.74. The van der Waals surface area contributed by atoms with Gasteiger partial charge < -0.3 is 0 Å². The smallest absolute Gasteiger partial charge is 0.0130 e. The van der Waals surface area contributed by atoms with Gasteiger partial charge in [0.2, 0.25) is 0 Å². The summed E-state index contributed by atoms with van der Waals surface area (Å²) in [7, 11) is 0. The predicted octanol–water partition coefficient (Wildman–Crippen LogP) is 5.26. The molecule has 0 aliphatic heterocycles. The third-order valence-electron chi connectivity index (χ3n) is 3.47. The van der Waals surface area contributed by atoms with Gasteiger partial charge in [-0.3, -0.25) is 0 Å². The molecule has 15 heavy (non-hydrogen) atoms. The molecule has 0 aromatic carbocycles. The van der Waals surface area contributed by atoms with Crippen LogP contribution in [0.25, 0.3) is 0 Å². The van der Waals surface area contributed by atoms with Crippen molar-refractivity contribution in [3.63, 3.8) is 0 Å². The number of hydrogen-bond donors (Lipinski definition) is 0. The second-order valence-corrected chi connectivity index (χ2v) is 4.68. The fourth-order valence-electron chi connectivity index (χ4n) is 2.41. The minimum atomic E-state index is 0.863. The van der Waals surface area contributed by atoms with Crippen LogP contribution in [-0.2, 0) is 0 Å². The van der Waals surface area contributed by atoms with Crippen LogP contribution in [0.4, 0.5) is 0 Å². The Hall–Kier alpha value is -0.520. The van der Waals surface area contributed by atoms with E-state index in [9.17, 15) is 0 Å². The van der Waals surface area contributed by atoms with Crippen LogP contribution in [-0.4, -0.2) is 0 Å². The molecule has 0 fully saturated rings. The molecule has 0 nitrogen and oxygen atoms in total. The van der Waals surface area contributed by atoms with Gasteiger partial charge in [0, 0.05) is 0 Å². The van der Waals surface area contributed by atoms with Crippen LogP contribution >= 0.6 is 0 Å². The van der Waals surface area contributed by atoms with Gasteiger partial charge in [0.15, 0.2) is 0 Å². The summed E-state index contributed by atoms with van der Waals surface area (Å²) in [5, 5.41) is 0. The topological polar surface area (TPSA) is 0 Å². The van der Waals surface area contributed by atoms with E-state index in [0.717, 1.165) is 5.92 Å². The van der Waals surface area contributed by atoms with Crippen molar-refractivity contribution in [3.8, 4) is 0 Å². The Morgan fingerprint density at radius 3 is 2.53 bits per heavy atom. The third-order valence-corrected chi connectivity index (χ3v) is 3.47. The fraction of sp³-hybridized carbons (Fsp3) is 0.733. The van der Waals surface area contributed by atoms with Crippen LogP contribution in [0.1, 0.15) is 65.2 Å². The highest BCUT2D eigenvalue weighted by molar-refractivity contribution is 5.24. The van der Waals surface area contributed by atoms with Crippen LogP contribution in [0, 0.1) is 5.92 Å². The normalized spacial score (nSPS) is 16.8. The van der Waals surface area contributed by atoms with Crippen molar-refractivity contribution in [3.05, 3.63) is 23.8 Å². The zero-order valence-electron chi connectivity index (χ0n) is 10.5. The van der Waals surface area contributed by atoms with Gasteiger partial charge in [-0.05, 0) is 25.2 Å². The van der Waals surface area contributed by atoms with Crippen molar-refractivity contribution < 1.29 is 0 Å². The lowest BCUT2D eigenvalue weighted by Gasteiger charge is -2.16. The molecule has 0 aromatic heterocycles. The van der Waals surface area contributed by atoms with Crippen molar-refractivity contribution in [1.29, 1.82) is 0 Å². The summed E-state index contributed by atoms with van der Waals surface area (Å²) in [5.74, 6) is 0.863. The molecule has 0 N–H and O–H groups in total. The van der Waals surface area contributed by atoms with E-state index in [1.807, 2.05) is 0 Å². The molecule has 0 saturated heterocycles. The van der Waals surface area contributed by atoms with E-state index in [-0.39, 0.29) is 0 Å². The van der Waals surface area contributed by atoms with E-state index in [0.29, 0.717) is 0 Å². The molecule has 0 bridgehead atoms. The van der Waals surface area contributed by atoms with Gasteiger partial charge in [-0.1, -0.05) is 69.8 Å². The summed E-state index contributed by atoms with van der Waals surface area (Å²) in [4.78, 5) is 0. The van der Waals surface area contributed by atoms with Crippen molar-refractivity contribution in [2.75, 3.05) is 0 Å². The zero-order chi connectivity index (χ0) is 10.9. The van der Waals surface area contributed by atoms with E-state index >= 15 is 0 Å². The van der Waals surface area contributed by atoms with Crippen molar-refractivity contribution in [2.24, 2.45) is 5.92 Å². The Kier molecular flexibility index (Phi) is 6.47. The van der Waals surface area contributed by atoms with Crippen LogP contribution in [0.3, 0.4) is 0 Å². The second-order valence-electron chi connectivity index (χ2n) is 4.68. The molecule has 0 heterocycles. The van der Waals surface area contributed by atoms with E-state index < -0.39 is 0 Å². The van der Waals surface area contributed by atoms with Crippen LogP contribution in [0.5, 0.6) is 0 Å². The average Bonchev–Trinajstić information content (AvgIpc) is 2.77. The van der Waals surface area contributed by atoms with Crippen LogP contribution in [0.2, 0.25) is 0 Å². The Morgan fingerprint density at radius 2 is 1.93 bits per heavy atom. The van der Waals surface area contributed by atoms with Gasteiger partial charge >= 0.3 is 0 Å². The van der Waals surface area contributed by atoms with Crippen molar-refractivity contribution >= 4 is 0 Å². The molecule has 0 heteroatoms. The molecule has 1 aliphatic rings. The number of allylic oxidation sites excluding steroid dienone is 4. The van der Waals surface area contributed by atoms with Crippen molar-refractivity contribution in [1.82, 2.24) is 0 Å². The van der Waals surface area contributed by atoms with Gasteiger partial charge in [-0.15, -0.1) is 0 Å². The zero-order valence-corrected chi connectivity index (χ0v) is 10.5. The maximum Gasteiger partial charge on any atom is -0.0130 e. The standard InChI is InChI=1S/C15H26/c1-3-5-6-7-8-11-14(4-2)15-12-9-10-13-15/h9-10,12,14H,3-8,11,13H2,1-2H3. The maximum absolute atomic E-state index is 2.33. The molecule has 0 saturated carbocycles. The number of hydrogen-bond acceptors (Lipinski definition) is 0. The summed E-state index contributed by atoms with van der Waals surface area (Å²) in [6.07, 6.45) is 17.9. The summed E-state index contributed by atoms with van der Waals surface area (Å²) >= 11 is 0. The maximum atomic E-state index is 2.33. The minimum absolute atomic E-state index is 0.863. The Bertz CT molecular complexity index is 210. The lowest BCUT2D eigenvalue weighted by atomic mass is 9.90. The quantitative estimate of drug-likeness (QED) is 0.475. The van der Waals surface area contributed by atoms with Gasteiger partial charge in [0.05, 0.1) is 0 Å². The Morgan fingerprint density at radius 1 is 1.13 bits per heavy atom. The predicted molar refractivity (Wildman–Crippen MR) is 69.0 cm³/mol. The average molecular weight is 206 g/mol. The molecular formula is C15H26. The first-order valence-electron chi connectivity index (χ1n) is 6.74. The lowest BCUT2D eigenvalue weighted by molar-refractivity contribution is 0.489. The number of rotatable bonds is 8. The molecule has 86 valence electrons. The molecule has 0 spiro atoms. The second kappa shape index (κ2) is 7.73. The summed E-state index contributed by atoms with van der Waals surface area (Å²) in [6.45, 7) is 4.61. The lowest BCUT2D eigenvalue weighted by Crippen LogP contribution is -2.01. The third kappa shape index (κ3) is 4.68. The van der Waals surface area contributed by atoms with E-state index in [4.69, 9.17) is 0 Å². The van der Waals surface area contributed by atoms with Gasteiger partial charge in [0.25, 0.3) is 0 Å². The summed E-state index contributed by atoms with van der Waals surface area (Å²) in [5.41, 5.74) is 1.67. The number of unbranched alkanes of at least 4 members (excludes halogenated alkanes) is 4.